The van der Waals surface area contributed by atoms with Crippen LogP contribution >= 0.6 is 0 Å². The van der Waals surface area contributed by atoms with Crippen LogP contribution in [0.1, 0.15) is 38.9 Å². The van der Waals surface area contributed by atoms with Gasteiger partial charge in [0.15, 0.2) is 5.69 Å². The van der Waals surface area contributed by atoms with E-state index >= 15 is 0 Å². The van der Waals surface area contributed by atoms with E-state index in [0.29, 0.717) is 34.3 Å². The fourth-order valence-corrected chi connectivity index (χ4v) is 3.84. The van der Waals surface area contributed by atoms with Crippen molar-refractivity contribution in [1.82, 2.24) is 25.8 Å². The zero-order valence-electron chi connectivity index (χ0n) is 20.2. The van der Waals surface area contributed by atoms with Crippen LogP contribution in [0.3, 0.4) is 0 Å². The first-order valence-electron chi connectivity index (χ1n) is 11.3. The zero-order chi connectivity index (χ0) is 25.7. The molecule has 1 unspecified atom stereocenters. The van der Waals surface area contributed by atoms with E-state index in [1.807, 2.05) is 12.1 Å². The number of carbonyl (C=O) groups is 2. The van der Waals surface area contributed by atoms with E-state index in [1.165, 1.54) is 7.11 Å². The summed E-state index contributed by atoms with van der Waals surface area (Å²) in [6, 6.07) is 14.3. The van der Waals surface area contributed by atoms with Gasteiger partial charge >= 0.3 is 0 Å². The second-order valence-electron chi connectivity index (χ2n) is 8.03. The number of aliphatic hydroxyl groups is 1. The summed E-state index contributed by atoms with van der Waals surface area (Å²) in [7, 11) is 4.58. The van der Waals surface area contributed by atoms with Crippen molar-refractivity contribution in [3.8, 4) is 22.8 Å². The number of carbonyl (C=O) groups excluding carboxylic acids is 2. The number of ether oxygens (including phenoxy) is 2. The maximum Gasteiger partial charge on any atom is 0.272 e. The molecule has 10 nitrogen and oxygen atoms in total. The fraction of sp³-hybridized carbons (Fsp3) is 0.231. The average molecular weight is 490 g/mol. The number of methoxy groups -OCH3 is 2. The van der Waals surface area contributed by atoms with Crippen LogP contribution in [0.5, 0.6) is 11.6 Å². The Kier molecular flexibility index (Phi) is 7.45. The number of nitrogens with zero attached hydrogens (tertiary/aromatic N) is 2. The summed E-state index contributed by atoms with van der Waals surface area (Å²) in [5, 5.41) is 23.5. The Morgan fingerprint density at radius 1 is 1.03 bits per heavy atom. The number of hydrogen-bond acceptors (Lipinski definition) is 7. The Labute approximate surface area is 207 Å². The lowest BCUT2D eigenvalue weighted by Crippen LogP contribution is -2.26. The van der Waals surface area contributed by atoms with Gasteiger partial charge in [-0.1, -0.05) is 18.2 Å². The molecule has 0 saturated carbocycles. The van der Waals surface area contributed by atoms with E-state index in [0.717, 1.165) is 11.1 Å². The van der Waals surface area contributed by atoms with Gasteiger partial charge in [-0.15, -0.1) is 0 Å². The molecule has 10 heteroatoms. The largest absolute Gasteiger partial charge is 0.497 e. The smallest absolute Gasteiger partial charge is 0.272 e. The Bertz CT molecular complexity index is 1380. The third-order valence-electron chi connectivity index (χ3n) is 5.83. The first-order chi connectivity index (χ1) is 17.4. The molecule has 2 heterocycles. The van der Waals surface area contributed by atoms with E-state index in [9.17, 15) is 14.7 Å². The minimum Gasteiger partial charge on any atom is -0.497 e. The van der Waals surface area contributed by atoms with Crippen LogP contribution in [0.15, 0.2) is 54.7 Å². The number of nitrogens with one attached hydrogen (secondary N) is 3. The maximum absolute atomic E-state index is 12.9. The van der Waals surface area contributed by atoms with Gasteiger partial charge in [0.05, 0.1) is 25.8 Å². The first kappa shape index (κ1) is 24.7. The quantitative estimate of drug-likeness (QED) is 0.284. The molecule has 0 saturated heterocycles. The Morgan fingerprint density at radius 3 is 2.50 bits per heavy atom. The molecular formula is C26H27N5O5. The lowest BCUT2D eigenvalue weighted by molar-refractivity contribution is 0.0935. The molecule has 0 aliphatic rings. The molecule has 0 radical (unpaired) electrons. The number of pyridine rings is 1. The molecule has 0 fully saturated rings. The number of aliphatic hydroxyl groups excluding tert-OH is 1. The van der Waals surface area contributed by atoms with Crippen LogP contribution in [-0.4, -0.2) is 59.9 Å². The number of rotatable bonds is 9. The highest BCUT2D eigenvalue weighted by Gasteiger charge is 2.18. The summed E-state index contributed by atoms with van der Waals surface area (Å²) < 4.78 is 10.4. The predicted molar refractivity (Wildman–Crippen MR) is 134 cm³/mol. The molecule has 186 valence electrons. The molecule has 1 atom stereocenters. The molecule has 2 aromatic carbocycles. The van der Waals surface area contributed by atoms with Gasteiger partial charge in [-0.3, -0.25) is 14.7 Å². The normalized spacial score (nSPS) is 11.7. The summed E-state index contributed by atoms with van der Waals surface area (Å²) in [5.41, 5.74) is 3.47. The lowest BCUT2D eigenvalue weighted by Gasteiger charge is -2.13. The minimum absolute atomic E-state index is 0.191. The van der Waals surface area contributed by atoms with Gasteiger partial charge in [0, 0.05) is 30.7 Å². The van der Waals surface area contributed by atoms with Crippen LogP contribution in [0, 0.1) is 0 Å². The second-order valence-corrected chi connectivity index (χ2v) is 8.03. The number of amides is 2. The Balaban J connectivity index is 1.48. The molecule has 0 aliphatic heterocycles. The lowest BCUT2D eigenvalue weighted by atomic mass is 10.0. The van der Waals surface area contributed by atoms with Crippen LogP contribution in [-0.2, 0) is 0 Å². The van der Waals surface area contributed by atoms with Gasteiger partial charge in [-0.05, 0) is 47.9 Å². The highest BCUT2D eigenvalue weighted by atomic mass is 16.5. The summed E-state index contributed by atoms with van der Waals surface area (Å²) in [6.07, 6.45) is 1.21. The number of fused-ring (bicyclic) bond motifs is 1. The van der Waals surface area contributed by atoms with Crippen LogP contribution in [0.4, 0.5) is 0 Å². The first-order valence-corrected chi connectivity index (χ1v) is 11.3. The van der Waals surface area contributed by atoms with Crippen LogP contribution in [0.2, 0.25) is 0 Å². The van der Waals surface area contributed by atoms with Gasteiger partial charge < -0.3 is 25.2 Å². The molecule has 2 amide bonds. The van der Waals surface area contributed by atoms with Crippen molar-refractivity contribution in [2.75, 3.05) is 27.8 Å². The van der Waals surface area contributed by atoms with Crippen molar-refractivity contribution >= 4 is 22.7 Å². The van der Waals surface area contributed by atoms with Gasteiger partial charge in [-0.2, -0.15) is 5.10 Å². The molecular weight excluding hydrogens is 462 g/mol. The second kappa shape index (κ2) is 10.9. The SMILES string of the molecule is CNC(=O)c1n[nH]c2cc(-c3cnc(OC)c(C(=O)NCCC(O)c4ccc(OC)cc4)c3)ccc12. The van der Waals surface area contributed by atoms with E-state index in [2.05, 4.69) is 25.8 Å². The topological polar surface area (TPSA) is 138 Å². The highest BCUT2D eigenvalue weighted by Crippen LogP contribution is 2.28. The average Bonchev–Trinajstić information content (AvgIpc) is 3.35. The predicted octanol–water partition coefficient (Wildman–Crippen LogP) is 2.86. The summed E-state index contributed by atoms with van der Waals surface area (Å²) >= 11 is 0. The Hall–Kier alpha value is -4.44. The minimum atomic E-state index is -0.733. The van der Waals surface area contributed by atoms with Crippen LogP contribution in [0.25, 0.3) is 22.0 Å². The van der Waals surface area contributed by atoms with Gasteiger partial charge in [0.1, 0.15) is 11.3 Å². The third-order valence-corrected chi connectivity index (χ3v) is 5.83. The van der Waals surface area contributed by atoms with E-state index in [-0.39, 0.29) is 29.8 Å². The number of benzene rings is 2. The van der Waals surface area contributed by atoms with Crippen molar-refractivity contribution in [2.24, 2.45) is 0 Å². The van der Waals surface area contributed by atoms with E-state index < -0.39 is 6.10 Å². The molecule has 4 aromatic rings. The summed E-state index contributed by atoms with van der Waals surface area (Å²) in [4.78, 5) is 29.2. The van der Waals surface area contributed by atoms with Gasteiger partial charge in [0.2, 0.25) is 5.88 Å². The van der Waals surface area contributed by atoms with Crippen molar-refractivity contribution in [1.29, 1.82) is 0 Å². The molecule has 0 aliphatic carbocycles. The molecule has 2 aromatic heterocycles. The highest BCUT2D eigenvalue weighted by molar-refractivity contribution is 6.05. The zero-order valence-corrected chi connectivity index (χ0v) is 20.2. The van der Waals surface area contributed by atoms with Crippen molar-refractivity contribution in [3.05, 3.63) is 71.5 Å². The van der Waals surface area contributed by atoms with Gasteiger partial charge in [0.25, 0.3) is 11.8 Å². The third kappa shape index (κ3) is 5.13. The number of aromatic nitrogens is 3. The number of hydrogen-bond donors (Lipinski definition) is 4. The Morgan fingerprint density at radius 2 is 1.81 bits per heavy atom. The summed E-state index contributed by atoms with van der Waals surface area (Å²) in [5.74, 6) is 0.248. The van der Waals surface area contributed by atoms with E-state index in [1.54, 1.807) is 56.8 Å². The monoisotopic (exact) mass is 489 g/mol. The molecule has 0 spiro atoms. The van der Waals surface area contributed by atoms with Crippen molar-refractivity contribution in [3.63, 3.8) is 0 Å². The molecule has 36 heavy (non-hydrogen) atoms. The number of H-pyrrole nitrogens is 1. The maximum atomic E-state index is 12.9. The standard InChI is InChI=1S/C26H27N5O5/c1-27-25(34)23-19-9-6-16(13-21(19)30-31-23)17-12-20(26(36-3)29-14-17)24(33)28-11-10-22(32)15-4-7-18(35-2)8-5-15/h4-9,12-14,22,32H,10-11H2,1-3H3,(H,27,34)(H,28,33)(H,30,31). The van der Waals surface area contributed by atoms with Crippen LogP contribution < -0.4 is 20.1 Å². The molecule has 0 bridgehead atoms. The van der Waals surface area contributed by atoms with Gasteiger partial charge in [-0.25, -0.2) is 4.98 Å². The molecule has 4 rings (SSSR count). The molecule has 4 N–H and O–H groups in total. The fourth-order valence-electron chi connectivity index (χ4n) is 3.84. The summed E-state index contributed by atoms with van der Waals surface area (Å²) in [6.45, 7) is 0.252. The van der Waals surface area contributed by atoms with E-state index in [4.69, 9.17) is 9.47 Å². The number of aromatic amines is 1. The van der Waals surface area contributed by atoms with Crippen molar-refractivity contribution < 1.29 is 24.2 Å². The van der Waals surface area contributed by atoms with Crippen molar-refractivity contribution in [2.45, 2.75) is 12.5 Å².